The molecule has 0 radical (unpaired) electrons. The molecule has 1 heterocycles. The highest BCUT2D eigenvalue weighted by Crippen LogP contribution is 2.66. The molecule has 94 valence electrons. The summed E-state index contributed by atoms with van der Waals surface area (Å²) in [5, 5.41) is 0. The molecule has 0 spiro atoms. The smallest absolute Gasteiger partial charge is 0.163 e. The van der Waals surface area contributed by atoms with Crippen LogP contribution in [0.1, 0.15) is 25.3 Å². The van der Waals surface area contributed by atoms with E-state index in [0.29, 0.717) is 12.3 Å². The first-order valence-corrected chi connectivity index (χ1v) is 8.88. The van der Waals surface area contributed by atoms with Gasteiger partial charge in [0.1, 0.15) is 5.66 Å². The monoisotopic (exact) mass is 270 g/mol. The topological polar surface area (TPSA) is 18.5 Å². The number of rotatable bonds is 4. The molecule has 0 bridgehead atoms. The van der Waals surface area contributed by atoms with E-state index in [4.69, 9.17) is 21.3 Å². The van der Waals surface area contributed by atoms with E-state index in [-0.39, 0.29) is 0 Å². The first-order valence-electron chi connectivity index (χ1n) is 6.17. The second-order valence-electron chi connectivity index (χ2n) is 4.28. The van der Waals surface area contributed by atoms with Gasteiger partial charge in [-0.25, -0.2) is 9.05 Å². The Morgan fingerprint density at radius 1 is 1.41 bits per heavy atom. The zero-order chi connectivity index (χ0) is 12.1. The Morgan fingerprint density at radius 3 is 2.88 bits per heavy atom. The highest BCUT2D eigenvalue weighted by Gasteiger charge is 2.40. The van der Waals surface area contributed by atoms with Gasteiger partial charge >= 0.3 is 0 Å². The largest absolute Gasteiger partial charge is 0.492 e. The molecule has 1 unspecified atom stereocenters. The van der Waals surface area contributed by atoms with Gasteiger partial charge < -0.3 is 12.2 Å². The molecule has 1 aromatic rings. The Bertz CT molecular complexity index is 343. The maximum Gasteiger partial charge on any atom is 0.163 e. The minimum Gasteiger partial charge on any atom is -0.492 e. The summed E-state index contributed by atoms with van der Waals surface area (Å²) in [5.74, 6) is 0. The van der Waals surface area contributed by atoms with Gasteiger partial charge in [-0.3, -0.25) is 0 Å². The molecular weight excluding hydrogens is 251 g/mol. The van der Waals surface area contributed by atoms with Crippen molar-refractivity contribution in [3.05, 3.63) is 35.9 Å². The zero-order valence-electron chi connectivity index (χ0n) is 10.2. The van der Waals surface area contributed by atoms with Crippen LogP contribution in [0.5, 0.6) is 0 Å². The van der Waals surface area contributed by atoms with Gasteiger partial charge in [-0.1, -0.05) is 30.3 Å². The lowest BCUT2D eigenvalue weighted by Crippen LogP contribution is -2.24. The van der Waals surface area contributed by atoms with Crippen LogP contribution >= 0.6 is 6.92 Å². The molecule has 0 aliphatic carbocycles. The van der Waals surface area contributed by atoms with Gasteiger partial charge in [-0.2, -0.15) is 0 Å². The van der Waals surface area contributed by atoms with Crippen molar-refractivity contribution < 1.29 is 9.05 Å². The summed E-state index contributed by atoms with van der Waals surface area (Å²) in [5.41, 5.74) is 1.71. The van der Waals surface area contributed by atoms with Gasteiger partial charge in [-0.05, 0) is 25.3 Å². The fourth-order valence-electron chi connectivity index (χ4n) is 2.20. The summed E-state index contributed by atoms with van der Waals surface area (Å²) in [6.07, 6.45) is 3.22. The number of hydrogen-bond acceptors (Lipinski definition) is 3. The van der Waals surface area contributed by atoms with Crippen LogP contribution in [0.25, 0.3) is 0 Å². The summed E-state index contributed by atoms with van der Waals surface area (Å²) in [6.45, 7) is 1.36. The average molecular weight is 270 g/mol. The predicted octanol–water partition coefficient (Wildman–Crippen LogP) is 3.75. The second-order valence-corrected chi connectivity index (χ2v) is 8.13. The minimum atomic E-state index is -2.06. The third-order valence-corrected chi connectivity index (χ3v) is 7.05. The Labute approximate surface area is 109 Å². The van der Waals surface area contributed by atoms with Crippen LogP contribution in [-0.4, -0.2) is 18.9 Å². The van der Waals surface area contributed by atoms with Crippen LogP contribution in [0, 0.1) is 0 Å². The maximum atomic E-state index is 5.79. The predicted molar refractivity (Wildman–Crippen MR) is 75.0 cm³/mol. The maximum absolute atomic E-state index is 5.79. The molecule has 1 fully saturated rings. The van der Waals surface area contributed by atoms with Gasteiger partial charge in [0.25, 0.3) is 0 Å². The van der Waals surface area contributed by atoms with Crippen LogP contribution in [0.3, 0.4) is 0 Å². The van der Waals surface area contributed by atoms with Crippen molar-refractivity contribution in [1.29, 1.82) is 0 Å². The lowest BCUT2D eigenvalue weighted by Gasteiger charge is -2.39. The molecule has 17 heavy (non-hydrogen) atoms. The Morgan fingerprint density at radius 2 is 2.18 bits per heavy atom. The molecule has 0 amide bonds. The van der Waals surface area contributed by atoms with E-state index in [1.165, 1.54) is 5.56 Å². The van der Waals surface area contributed by atoms with E-state index < -0.39 is 6.92 Å². The van der Waals surface area contributed by atoms with Gasteiger partial charge in [0.05, 0.1) is 13.2 Å². The molecule has 2 atom stereocenters. The van der Waals surface area contributed by atoms with E-state index in [9.17, 15) is 0 Å². The summed E-state index contributed by atoms with van der Waals surface area (Å²) in [7, 11) is 0. The van der Waals surface area contributed by atoms with Crippen LogP contribution in [0.15, 0.2) is 30.3 Å². The fraction of sp³-hybridized carbons (Fsp3) is 0.538. The van der Waals surface area contributed by atoms with Crippen LogP contribution < -0.4 is 0 Å². The normalized spacial score (nSPS) is 29.2. The van der Waals surface area contributed by atoms with E-state index in [1.807, 2.05) is 13.0 Å². The fourth-order valence-corrected chi connectivity index (χ4v) is 5.45. The van der Waals surface area contributed by atoms with Crippen molar-refractivity contribution in [2.45, 2.75) is 31.8 Å². The lowest BCUT2D eigenvalue weighted by molar-refractivity contribution is 0.219. The number of hydrogen-bond donors (Lipinski definition) is 0. The molecule has 0 N–H and O–H groups in total. The van der Waals surface area contributed by atoms with Crippen molar-refractivity contribution in [3.63, 3.8) is 0 Å². The zero-order valence-corrected chi connectivity index (χ0v) is 11.9. The molecule has 0 aromatic heterocycles. The van der Waals surface area contributed by atoms with E-state index in [0.717, 1.165) is 25.9 Å². The first kappa shape index (κ1) is 13.4. The molecular formula is C13H19O2PS. The third-order valence-electron chi connectivity index (χ3n) is 3.02. The van der Waals surface area contributed by atoms with Crippen LogP contribution in [0.2, 0.25) is 0 Å². The summed E-state index contributed by atoms with van der Waals surface area (Å²) < 4.78 is 11.6. The standard InChI is InChI=1S/C13H19O2PS/c1-2-14-16(17)13(9-6-10-15-16)11-12-7-4-3-5-8-12/h3-5,7-8,13H,2,6,9-11H2,1H3/t13-,16?/m0/s1. The van der Waals surface area contributed by atoms with Gasteiger partial charge in [0.2, 0.25) is 0 Å². The highest BCUT2D eigenvalue weighted by atomic mass is 32.7. The third kappa shape index (κ3) is 3.45. The molecule has 0 saturated carbocycles. The Kier molecular flexibility index (Phi) is 4.87. The summed E-state index contributed by atoms with van der Waals surface area (Å²) >= 11 is 5.64. The van der Waals surface area contributed by atoms with Gasteiger partial charge in [0, 0.05) is 6.42 Å². The van der Waals surface area contributed by atoms with Crippen molar-refractivity contribution in [2.24, 2.45) is 0 Å². The quantitative estimate of drug-likeness (QED) is 0.613. The highest BCUT2D eigenvalue weighted by molar-refractivity contribution is 8.38. The second kappa shape index (κ2) is 6.19. The molecule has 1 saturated heterocycles. The van der Waals surface area contributed by atoms with Crippen molar-refractivity contribution in [3.8, 4) is 0 Å². The summed E-state index contributed by atoms with van der Waals surface area (Å²) in [6, 6.07) is 10.5. The van der Waals surface area contributed by atoms with E-state index in [2.05, 4.69) is 24.3 Å². The Hall–Kier alpha value is -0.0800. The van der Waals surface area contributed by atoms with E-state index >= 15 is 0 Å². The number of benzene rings is 1. The minimum absolute atomic E-state index is 0.383. The van der Waals surface area contributed by atoms with Crippen LogP contribution in [0.4, 0.5) is 0 Å². The summed E-state index contributed by atoms with van der Waals surface area (Å²) in [4.78, 5) is 0. The van der Waals surface area contributed by atoms with E-state index in [1.54, 1.807) is 0 Å². The van der Waals surface area contributed by atoms with Crippen molar-refractivity contribution in [1.82, 2.24) is 0 Å². The SMILES string of the molecule is CCO[P+]1([S-])OCCC[C@H]1Cc1ccccc1. The van der Waals surface area contributed by atoms with Crippen molar-refractivity contribution in [2.75, 3.05) is 13.2 Å². The molecule has 1 aromatic carbocycles. The lowest BCUT2D eigenvalue weighted by atomic mass is 10.1. The average Bonchev–Trinajstić information content (AvgIpc) is 2.34. The Balaban J connectivity index is 2.06. The molecule has 1 aliphatic heterocycles. The molecule has 2 nitrogen and oxygen atoms in total. The van der Waals surface area contributed by atoms with Gasteiger partial charge in [0.15, 0.2) is 6.92 Å². The van der Waals surface area contributed by atoms with Crippen LogP contribution in [-0.2, 0) is 27.7 Å². The van der Waals surface area contributed by atoms with Crippen molar-refractivity contribution >= 4 is 19.2 Å². The van der Waals surface area contributed by atoms with Gasteiger partial charge in [-0.15, -0.1) is 0 Å². The molecule has 2 rings (SSSR count). The first-order chi connectivity index (χ1) is 8.24. The molecule has 4 heteroatoms. The molecule has 1 aliphatic rings.